The highest BCUT2D eigenvalue weighted by atomic mass is 35.5. The van der Waals surface area contributed by atoms with Crippen LogP contribution in [-0.4, -0.2) is 16.6 Å². The van der Waals surface area contributed by atoms with Crippen LogP contribution >= 0.6 is 11.6 Å². The second-order valence-electron chi connectivity index (χ2n) is 6.06. The summed E-state index contributed by atoms with van der Waals surface area (Å²) in [6.45, 7) is 2.38. The molecule has 0 bridgehead atoms. The molecule has 0 saturated heterocycles. The number of halogens is 4. The van der Waals surface area contributed by atoms with E-state index >= 15 is 0 Å². The summed E-state index contributed by atoms with van der Waals surface area (Å²) in [5.41, 5.74) is -0.0150. The first kappa shape index (κ1) is 20.7. The molecule has 3 rings (SSSR count). The molecule has 0 aliphatic carbocycles. The lowest BCUT2D eigenvalue weighted by Gasteiger charge is -2.17. The number of para-hydroxylation sites is 2. The van der Waals surface area contributed by atoms with Gasteiger partial charge in [-0.05, 0) is 42.8 Å². The molecule has 152 valence electrons. The quantitative estimate of drug-likeness (QED) is 0.459. The Bertz CT molecular complexity index is 965. The van der Waals surface area contributed by atoms with Crippen molar-refractivity contribution < 1.29 is 17.9 Å². The third kappa shape index (κ3) is 5.51. The normalized spacial score (nSPS) is 11.2. The highest BCUT2D eigenvalue weighted by Gasteiger charge is 2.35. The zero-order chi connectivity index (χ0) is 20.9. The van der Waals surface area contributed by atoms with Gasteiger partial charge in [0.2, 0.25) is 5.95 Å². The van der Waals surface area contributed by atoms with Crippen LogP contribution in [0, 0.1) is 0 Å². The Balaban J connectivity index is 1.94. The van der Waals surface area contributed by atoms with Crippen molar-refractivity contribution in [3.05, 3.63) is 65.3 Å². The van der Waals surface area contributed by atoms with Gasteiger partial charge in [-0.3, -0.25) is 0 Å². The molecule has 1 heterocycles. The van der Waals surface area contributed by atoms with E-state index in [9.17, 15) is 13.2 Å². The van der Waals surface area contributed by atoms with Crippen LogP contribution in [0.25, 0.3) is 0 Å². The SMILES string of the molecule is CCCOc1ccccc1Nc1nc(Nc2ccc(Cl)cc2)ncc1C(F)(F)F. The van der Waals surface area contributed by atoms with Crippen LogP contribution in [-0.2, 0) is 6.18 Å². The van der Waals surface area contributed by atoms with E-state index in [4.69, 9.17) is 16.3 Å². The summed E-state index contributed by atoms with van der Waals surface area (Å²) in [6, 6.07) is 13.4. The van der Waals surface area contributed by atoms with Crippen molar-refractivity contribution in [2.75, 3.05) is 17.2 Å². The monoisotopic (exact) mass is 422 g/mol. The van der Waals surface area contributed by atoms with E-state index < -0.39 is 11.7 Å². The van der Waals surface area contributed by atoms with Gasteiger partial charge in [-0.1, -0.05) is 30.7 Å². The molecule has 0 fully saturated rings. The molecule has 2 N–H and O–H groups in total. The lowest BCUT2D eigenvalue weighted by molar-refractivity contribution is -0.137. The maximum atomic E-state index is 13.5. The predicted molar refractivity (Wildman–Crippen MR) is 107 cm³/mol. The number of hydrogen-bond acceptors (Lipinski definition) is 5. The topological polar surface area (TPSA) is 59.1 Å². The Morgan fingerprint density at radius 2 is 1.76 bits per heavy atom. The first-order chi connectivity index (χ1) is 13.9. The summed E-state index contributed by atoms with van der Waals surface area (Å²) < 4.78 is 46.0. The van der Waals surface area contributed by atoms with Gasteiger partial charge in [0.1, 0.15) is 17.1 Å². The Morgan fingerprint density at radius 1 is 1.03 bits per heavy atom. The third-order valence-electron chi connectivity index (χ3n) is 3.80. The smallest absolute Gasteiger partial charge is 0.421 e. The van der Waals surface area contributed by atoms with Gasteiger partial charge >= 0.3 is 6.18 Å². The van der Waals surface area contributed by atoms with Gasteiger partial charge in [0.15, 0.2) is 0 Å². The highest BCUT2D eigenvalue weighted by Crippen LogP contribution is 2.37. The molecule has 29 heavy (non-hydrogen) atoms. The van der Waals surface area contributed by atoms with Crippen molar-refractivity contribution in [1.29, 1.82) is 0 Å². The van der Waals surface area contributed by atoms with Crippen LogP contribution in [0.2, 0.25) is 5.02 Å². The average Bonchev–Trinajstić information content (AvgIpc) is 2.68. The number of nitrogens with one attached hydrogen (secondary N) is 2. The van der Waals surface area contributed by atoms with Crippen LogP contribution in [0.15, 0.2) is 54.7 Å². The molecular weight excluding hydrogens is 405 g/mol. The van der Waals surface area contributed by atoms with Gasteiger partial charge in [-0.15, -0.1) is 0 Å². The molecule has 9 heteroatoms. The van der Waals surface area contributed by atoms with Gasteiger partial charge in [0.05, 0.1) is 12.3 Å². The second kappa shape index (κ2) is 9.00. The van der Waals surface area contributed by atoms with Crippen LogP contribution in [0.1, 0.15) is 18.9 Å². The number of ether oxygens (including phenoxy) is 1. The highest BCUT2D eigenvalue weighted by molar-refractivity contribution is 6.30. The Kier molecular flexibility index (Phi) is 6.43. The maximum absolute atomic E-state index is 13.5. The summed E-state index contributed by atoms with van der Waals surface area (Å²) in [7, 11) is 0. The molecule has 3 aromatic rings. The van der Waals surface area contributed by atoms with Crippen LogP contribution in [0.3, 0.4) is 0 Å². The number of anilines is 4. The zero-order valence-corrected chi connectivity index (χ0v) is 16.2. The minimum atomic E-state index is -4.62. The van der Waals surface area contributed by atoms with E-state index in [2.05, 4.69) is 20.6 Å². The molecule has 1 aromatic heterocycles. The molecule has 5 nitrogen and oxygen atoms in total. The van der Waals surface area contributed by atoms with Crippen LogP contribution < -0.4 is 15.4 Å². The maximum Gasteiger partial charge on any atom is 0.421 e. The standard InChI is InChI=1S/C20H18ClF3N4O/c1-2-11-29-17-6-4-3-5-16(17)27-18-15(20(22,23)24)12-25-19(28-18)26-14-9-7-13(21)8-10-14/h3-10,12H,2,11H2,1H3,(H2,25,26,27,28). The molecule has 0 amide bonds. The number of rotatable bonds is 7. The van der Waals surface area contributed by atoms with E-state index in [1.54, 1.807) is 48.5 Å². The largest absolute Gasteiger partial charge is 0.491 e. The summed E-state index contributed by atoms with van der Waals surface area (Å²) in [6.07, 6.45) is -3.12. The van der Waals surface area contributed by atoms with Gasteiger partial charge in [0, 0.05) is 16.9 Å². The van der Waals surface area contributed by atoms with Crippen molar-refractivity contribution in [3.63, 3.8) is 0 Å². The van der Waals surface area contributed by atoms with Gasteiger partial charge in [-0.25, -0.2) is 4.98 Å². The van der Waals surface area contributed by atoms with Gasteiger partial charge in [-0.2, -0.15) is 18.2 Å². The minimum Gasteiger partial charge on any atom is -0.491 e. The zero-order valence-electron chi connectivity index (χ0n) is 15.4. The Morgan fingerprint density at radius 3 is 2.45 bits per heavy atom. The number of benzene rings is 2. The van der Waals surface area contributed by atoms with E-state index in [0.29, 0.717) is 28.8 Å². The molecule has 0 radical (unpaired) electrons. The second-order valence-corrected chi connectivity index (χ2v) is 6.49. The number of alkyl halides is 3. The minimum absolute atomic E-state index is 0.00906. The van der Waals surface area contributed by atoms with E-state index in [1.165, 1.54) is 0 Å². The van der Waals surface area contributed by atoms with Crippen molar-refractivity contribution in [1.82, 2.24) is 9.97 Å². The Labute approximate surface area is 170 Å². The summed E-state index contributed by atoms with van der Waals surface area (Å²) in [4.78, 5) is 7.82. The molecule has 0 atom stereocenters. The fraction of sp³-hybridized carbons (Fsp3) is 0.200. The van der Waals surface area contributed by atoms with Gasteiger partial charge in [0.25, 0.3) is 0 Å². The van der Waals surface area contributed by atoms with E-state index in [1.807, 2.05) is 6.92 Å². The predicted octanol–water partition coefficient (Wildman–Crippen LogP) is 6.42. The lowest BCUT2D eigenvalue weighted by atomic mass is 10.2. The Hall–Kier alpha value is -3.00. The number of aromatic nitrogens is 2. The number of nitrogens with zero attached hydrogens (tertiary/aromatic N) is 2. The van der Waals surface area contributed by atoms with E-state index in [0.717, 1.165) is 12.6 Å². The fourth-order valence-electron chi connectivity index (χ4n) is 2.44. The average molecular weight is 423 g/mol. The number of hydrogen-bond donors (Lipinski definition) is 2. The molecule has 0 spiro atoms. The molecule has 0 aliphatic heterocycles. The van der Waals surface area contributed by atoms with Crippen molar-refractivity contribution in [2.24, 2.45) is 0 Å². The van der Waals surface area contributed by atoms with E-state index in [-0.39, 0.29) is 11.8 Å². The lowest BCUT2D eigenvalue weighted by Crippen LogP contribution is -2.13. The summed E-state index contributed by atoms with van der Waals surface area (Å²) in [5, 5.41) is 6.14. The molecule has 0 saturated carbocycles. The van der Waals surface area contributed by atoms with Gasteiger partial charge < -0.3 is 15.4 Å². The van der Waals surface area contributed by atoms with Crippen molar-refractivity contribution in [2.45, 2.75) is 19.5 Å². The molecule has 0 unspecified atom stereocenters. The molecular formula is C20H18ClF3N4O. The molecule has 0 aliphatic rings. The summed E-state index contributed by atoms with van der Waals surface area (Å²) in [5.74, 6) is 0.0691. The van der Waals surface area contributed by atoms with Crippen LogP contribution in [0.5, 0.6) is 5.75 Å². The fourth-order valence-corrected chi connectivity index (χ4v) is 2.57. The molecule has 2 aromatic carbocycles. The first-order valence-electron chi connectivity index (χ1n) is 8.82. The van der Waals surface area contributed by atoms with Crippen molar-refractivity contribution in [3.8, 4) is 5.75 Å². The van der Waals surface area contributed by atoms with Crippen molar-refractivity contribution >= 4 is 34.7 Å². The van der Waals surface area contributed by atoms with Crippen LogP contribution in [0.4, 0.5) is 36.3 Å². The first-order valence-corrected chi connectivity index (χ1v) is 9.20. The third-order valence-corrected chi connectivity index (χ3v) is 4.05. The summed E-state index contributed by atoms with van der Waals surface area (Å²) >= 11 is 5.85.